The topological polar surface area (TPSA) is 18.5 Å². The van der Waals surface area contributed by atoms with E-state index in [9.17, 15) is 0 Å². The maximum Gasteiger partial charge on any atom is 0.0782 e. The van der Waals surface area contributed by atoms with Gasteiger partial charge in [0.2, 0.25) is 0 Å². The van der Waals surface area contributed by atoms with Crippen LogP contribution < -0.4 is 5.32 Å². The van der Waals surface area contributed by atoms with E-state index in [0.717, 1.165) is 23.7 Å². The molecule has 2 saturated carbocycles. The van der Waals surface area contributed by atoms with E-state index in [-0.39, 0.29) is 5.66 Å². The van der Waals surface area contributed by atoms with Crippen molar-refractivity contribution in [3.63, 3.8) is 0 Å². The van der Waals surface area contributed by atoms with Crippen LogP contribution in [0, 0.1) is 17.8 Å². The highest BCUT2D eigenvalue weighted by Crippen LogP contribution is 2.62. The zero-order chi connectivity index (χ0) is 19.0. The fourth-order valence-electron chi connectivity index (χ4n) is 7.47. The minimum atomic E-state index is 0.278. The van der Waals surface area contributed by atoms with Gasteiger partial charge in [-0.05, 0) is 55.7 Å². The summed E-state index contributed by atoms with van der Waals surface area (Å²) in [6, 6.07) is 11.5. The predicted octanol–water partition coefficient (Wildman–Crippen LogP) is 4.31. The summed E-state index contributed by atoms with van der Waals surface area (Å²) in [5, 5.41) is 4.19. The Morgan fingerprint density at radius 1 is 0.929 bits per heavy atom. The van der Waals surface area contributed by atoms with Gasteiger partial charge in [-0.15, -0.1) is 0 Å². The number of piperidine rings is 1. The van der Waals surface area contributed by atoms with Gasteiger partial charge in [-0.25, -0.2) is 0 Å². The molecule has 3 heteroatoms. The van der Waals surface area contributed by atoms with Crippen molar-refractivity contribution in [2.75, 3.05) is 39.3 Å². The van der Waals surface area contributed by atoms with Gasteiger partial charge in [0.1, 0.15) is 0 Å². The van der Waals surface area contributed by atoms with Crippen LogP contribution in [0.5, 0.6) is 0 Å². The summed E-state index contributed by atoms with van der Waals surface area (Å²) in [6.07, 6.45) is 10.0. The fourth-order valence-corrected chi connectivity index (χ4v) is 7.47. The van der Waals surface area contributed by atoms with Gasteiger partial charge in [-0.3, -0.25) is 10.2 Å². The van der Waals surface area contributed by atoms with Crippen LogP contribution in [0.25, 0.3) is 0 Å². The highest BCUT2D eigenvalue weighted by Gasteiger charge is 2.66. The number of hydrogen-bond donors (Lipinski definition) is 1. The number of piperazine rings is 1. The molecule has 2 aliphatic heterocycles. The average molecular weight is 382 g/mol. The van der Waals surface area contributed by atoms with E-state index >= 15 is 0 Å². The lowest BCUT2D eigenvalue weighted by atomic mass is 9.46. The first kappa shape index (κ1) is 19.1. The molecule has 4 fully saturated rings. The number of fused-ring (bicyclic) bond motifs is 4. The fraction of sp³-hybridized carbons (Fsp3) is 0.760. The Kier molecular flexibility index (Phi) is 5.51. The van der Waals surface area contributed by atoms with E-state index in [0.29, 0.717) is 0 Å². The number of hydrogen-bond acceptors (Lipinski definition) is 3. The summed E-state index contributed by atoms with van der Waals surface area (Å²) < 4.78 is 0. The Morgan fingerprint density at radius 3 is 2.43 bits per heavy atom. The highest BCUT2D eigenvalue weighted by molar-refractivity contribution is 5.28. The second-order valence-corrected chi connectivity index (χ2v) is 9.77. The van der Waals surface area contributed by atoms with E-state index in [1.165, 1.54) is 84.2 Å². The van der Waals surface area contributed by atoms with E-state index in [1.807, 2.05) is 0 Å². The molecule has 3 nitrogen and oxygen atoms in total. The summed E-state index contributed by atoms with van der Waals surface area (Å²) in [5.41, 5.74) is 1.88. The molecule has 2 heterocycles. The molecular formula is C25H39N3. The number of nitrogens with one attached hydrogen (secondary N) is 1. The Morgan fingerprint density at radius 2 is 1.68 bits per heavy atom. The maximum absolute atomic E-state index is 4.19. The molecule has 0 radical (unpaired) electrons. The van der Waals surface area contributed by atoms with Gasteiger partial charge in [0.25, 0.3) is 0 Å². The van der Waals surface area contributed by atoms with Crippen LogP contribution in [0.15, 0.2) is 30.3 Å². The van der Waals surface area contributed by atoms with E-state index in [4.69, 9.17) is 0 Å². The molecule has 0 spiro atoms. The highest BCUT2D eigenvalue weighted by atomic mass is 15.4. The molecule has 1 N–H and O–H groups in total. The lowest BCUT2D eigenvalue weighted by molar-refractivity contribution is -0.213. The van der Waals surface area contributed by atoms with Crippen molar-refractivity contribution in [2.24, 2.45) is 17.8 Å². The molecule has 2 aliphatic carbocycles. The van der Waals surface area contributed by atoms with E-state index < -0.39 is 0 Å². The molecular weight excluding hydrogens is 342 g/mol. The number of likely N-dealkylation sites (N-methyl/N-ethyl adjacent to an activating group) is 1. The first-order chi connectivity index (χ1) is 13.8. The standard InChI is InChI=1S/C25H39N3/c1-2-27-16-18-28(19-17-27)25-23-13-9-4-3-8-12-22(23)24(25)21(14-15-26-25)20-10-6-5-7-11-20/h5-7,10-11,21-24,26H,2-4,8-9,12-19H2,1H3. The van der Waals surface area contributed by atoms with Gasteiger partial charge in [-0.1, -0.05) is 62.9 Å². The van der Waals surface area contributed by atoms with Crippen molar-refractivity contribution < 1.29 is 0 Å². The summed E-state index contributed by atoms with van der Waals surface area (Å²) in [5.74, 6) is 3.35. The van der Waals surface area contributed by atoms with E-state index in [2.05, 4.69) is 52.4 Å². The SMILES string of the molecule is CCN1CCN(C23NCCC(c4ccccc4)C2C2CCCCCCC23)CC1. The first-order valence-electron chi connectivity index (χ1n) is 12.1. The molecule has 5 atom stereocenters. The quantitative estimate of drug-likeness (QED) is 0.841. The predicted molar refractivity (Wildman–Crippen MR) is 116 cm³/mol. The summed E-state index contributed by atoms with van der Waals surface area (Å²) in [4.78, 5) is 5.55. The monoisotopic (exact) mass is 381 g/mol. The van der Waals surface area contributed by atoms with Crippen LogP contribution >= 0.6 is 0 Å². The van der Waals surface area contributed by atoms with Gasteiger partial charge >= 0.3 is 0 Å². The summed E-state index contributed by atoms with van der Waals surface area (Å²) >= 11 is 0. The van der Waals surface area contributed by atoms with Crippen LogP contribution in [-0.2, 0) is 0 Å². The minimum Gasteiger partial charge on any atom is -0.301 e. The molecule has 5 rings (SSSR count). The van der Waals surface area contributed by atoms with E-state index in [1.54, 1.807) is 5.56 Å². The maximum atomic E-state index is 4.19. The summed E-state index contributed by atoms with van der Waals surface area (Å²) in [6.45, 7) is 9.71. The van der Waals surface area contributed by atoms with Crippen LogP contribution in [0.3, 0.4) is 0 Å². The molecule has 28 heavy (non-hydrogen) atoms. The van der Waals surface area contributed by atoms with Crippen LogP contribution in [0.1, 0.15) is 63.4 Å². The Labute approximate surface area is 171 Å². The third-order valence-corrected chi connectivity index (χ3v) is 8.72. The first-order valence-corrected chi connectivity index (χ1v) is 12.1. The van der Waals surface area contributed by atoms with Crippen molar-refractivity contribution >= 4 is 0 Å². The molecule has 0 amide bonds. The lowest BCUT2D eigenvalue weighted by Crippen LogP contribution is -2.81. The number of benzene rings is 1. The van der Waals surface area contributed by atoms with Gasteiger partial charge in [0.05, 0.1) is 5.66 Å². The molecule has 0 aromatic heterocycles. The Bertz CT molecular complexity index is 638. The zero-order valence-electron chi connectivity index (χ0n) is 17.8. The molecule has 4 aliphatic rings. The van der Waals surface area contributed by atoms with Gasteiger partial charge in [-0.2, -0.15) is 0 Å². The molecule has 1 aromatic carbocycles. The van der Waals surface area contributed by atoms with Gasteiger partial charge in [0.15, 0.2) is 0 Å². The average Bonchev–Trinajstić information content (AvgIpc) is 2.74. The van der Waals surface area contributed by atoms with Crippen molar-refractivity contribution in [1.82, 2.24) is 15.1 Å². The number of nitrogens with zero attached hydrogens (tertiary/aromatic N) is 2. The largest absolute Gasteiger partial charge is 0.301 e. The lowest BCUT2D eigenvalue weighted by Gasteiger charge is -2.71. The zero-order valence-corrected chi connectivity index (χ0v) is 17.8. The second-order valence-electron chi connectivity index (χ2n) is 9.77. The Hall–Kier alpha value is -0.900. The second kappa shape index (κ2) is 8.08. The molecule has 154 valence electrons. The third-order valence-electron chi connectivity index (χ3n) is 8.72. The molecule has 2 saturated heterocycles. The molecule has 5 unspecified atom stereocenters. The van der Waals surface area contributed by atoms with Crippen molar-refractivity contribution in [3.05, 3.63) is 35.9 Å². The minimum absolute atomic E-state index is 0.278. The number of rotatable bonds is 3. The van der Waals surface area contributed by atoms with Crippen LogP contribution in [-0.4, -0.2) is 54.7 Å². The normalized spacial score (nSPS) is 39.9. The van der Waals surface area contributed by atoms with Crippen LogP contribution in [0.2, 0.25) is 0 Å². The van der Waals surface area contributed by atoms with Crippen LogP contribution in [0.4, 0.5) is 0 Å². The van der Waals surface area contributed by atoms with Gasteiger partial charge in [0, 0.05) is 32.1 Å². The van der Waals surface area contributed by atoms with Crippen molar-refractivity contribution in [2.45, 2.75) is 63.5 Å². The third kappa shape index (κ3) is 3.05. The molecule has 1 aromatic rings. The van der Waals surface area contributed by atoms with Crippen molar-refractivity contribution in [1.29, 1.82) is 0 Å². The smallest absolute Gasteiger partial charge is 0.0782 e. The van der Waals surface area contributed by atoms with Gasteiger partial charge < -0.3 is 4.90 Å². The van der Waals surface area contributed by atoms with Crippen molar-refractivity contribution in [3.8, 4) is 0 Å². The summed E-state index contributed by atoms with van der Waals surface area (Å²) in [7, 11) is 0. The molecule has 0 bridgehead atoms. The Balaban J connectivity index is 1.48.